The van der Waals surface area contributed by atoms with Crippen molar-refractivity contribution >= 4 is 16.9 Å². The second-order valence-electron chi connectivity index (χ2n) is 4.63. The molecule has 0 unspecified atom stereocenters. The predicted molar refractivity (Wildman–Crippen MR) is 70.6 cm³/mol. The van der Waals surface area contributed by atoms with Crippen LogP contribution in [0.3, 0.4) is 0 Å². The zero-order valence-electron chi connectivity index (χ0n) is 10.4. The third kappa shape index (κ3) is 4.06. The van der Waals surface area contributed by atoms with Gasteiger partial charge < -0.3 is 5.32 Å². The predicted octanol–water partition coefficient (Wildman–Crippen LogP) is 3.14. The van der Waals surface area contributed by atoms with Gasteiger partial charge in [0, 0.05) is 18.3 Å². The molecule has 1 heterocycles. The standard InChI is InChI=1S/C12H24N2S/c1-5-10(6-2)7-13-12-14-11(8-15-12)9(3)4/h9-11H,5-8H2,1-4H3,(H,13,14)/t11-/m1/s1. The lowest BCUT2D eigenvalue weighted by molar-refractivity contribution is 0.494. The van der Waals surface area contributed by atoms with Gasteiger partial charge >= 0.3 is 0 Å². The Morgan fingerprint density at radius 3 is 2.53 bits per heavy atom. The number of hydrogen-bond donors (Lipinski definition) is 1. The maximum Gasteiger partial charge on any atom is 0.156 e. The highest BCUT2D eigenvalue weighted by atomic mass is 32.2. The molecule has 1 N–H and O–H groups in total. The second-order valence-corrected chi connectivity index (χ2v) is 5.64. The van der Waals surface area contributed by atoms with Crippen LogP contribution in [0.15, 0.2) is 4.99 Å². The average molecular weight is 228 g/mol. The molecule has 1 atom stereocenters. The summed E-state index contributed by atoms with van der Waals surface area (Å²) in [6, 6.07) is 0.621. The molecular formula is C12H24N2S. The molecule has 1 fully saturated rings. The molecular weight excluding hydrogens is 204 g/mol. The van der Waals surface area contributed by atoms with Gasteiger partial charge in [0.1, 0.15) is 0 Å². The fourth-order valence-corrected chi connectivity index (χ4v) is 2.83. The minimum Gasteiger partial charge on any atom is -0.361 e. The van der Waals surface area contributed by atoms with Crippen molar-refractivity contribution in [2.45, 2.75) is 46.6 Å². The van der Waals surface area contributed by atoms with Gasteiger partial charge in [0.15, 0.2) is 5.17 Å². The fourth-order valence-electron chi connectivity index (χ4n) is 1.62. The Labute approximate surface area is 98.3 Å². The summed E-state index contributed by atoms with van der Waals surface area (Å²) in [4.78, 5) is 4.67. The zero-order valence-corrected chi connectivity index (χ0v) is 11.2. The van der Waals surface area contributed by atoms with Crippen molar-refractivity contribution in [1.29, 1.82) is 0 Å². The molecule has 1 saturated heterocycles. The SMILES string of the molecule is CCC(CC)CN=C1N[C@@H](C(C)C)CS1. The largest absolute Gasteiger partial charge is 0.361 e. The first kappa shape index (κ1) is 12.9. The van der Waals surface area contributed by atoms with Gasteiger partial charge in [-0.2, -0.15) is 0 Å². The van der Waals surface area contributed by atoms with Crippen molar-refractivity contribution in [3.8, 4) is 0 Å². The lowest BCUT2D eigenvalue weighted by Crippen LogP contribution is -2.31. The first-order valence-electron chi connectivity index (χ1n) is 6.11. The van der Waals surface area contributed by atoms with Gasteiger partial charge in [-0.15, -0.1) is 0 Å². The van der Waals surface area contributed by atoms with E-state index in [4.69, 9.17) is 0 Å². The Morgan fingerprint density at radius 1 is 1.40 bits per heavy atom. The average Bonchev–Trinajstić information content (AvgIpc) is 2.68. The fraction of sp³-hybridized carbons (Fsp3) is 0.917. The molecule has 0 spiro atoms. The molecule has 3 heteroatoms. The normalized spacial score (nSPS) is 24.1. The number of hydrogen-bond acceptors (Lipinski definition) is 2. The van der Waals surface area contributed by atoms with Crippen LogP contribution in [0.5, 0.6) is 0 Å². The van der Waals surface area contributed by atoms with Gasteiger partial charge in [-0.3, -0.25) is 4.99 Å². The third-order valence-electron chi connectivity index (χ3n) is 3.16. The second kappa shape index (κ2) is 6.41. The summed E-state index contributed by atoms with van der Waals surface area (Å²) in [5.41, 5.74) is 0. The molecule has 0 aliphatic carbocycles. The summed E-state index contributed by atoms with van der Waals surface area (Å²) in [5.74, 6) is 2.65. The highest BCUT2D eigenvalue weighted by Crippen LogP contribution is 2.19. The molecule has 0 saturated carbocycles. The van der Waals surface area contributed by atoms with Crippen LogP contribution in [0, 0.1) is 11.8 Å². The molecule has 0 aromatic rings. The molecule has 1 aliphatic heterocycles. The number of aliphatic imine (C=N–C) groups is 1. The van der Waals surface area contributed by atoms with Crippen LogP contribution in [0.1, 0.15) is 40.5 Å². The molecule has 2 nitrogen and oxygen atoms in total. The van der Waals surface area contributed by atoms with Crippen molar-refractivity contribution in [3.63, 3.8) is 0 Å². The van der Waals surface area contributed by atoms with Gasteiger partial charge in [0.2, 0.25) is 0 Å². The van der Waals surface area contributed by atoms with E-state index in [0.29, 0.717) is 12.0 Å². The van der Waals surface area contributed by atoms with Crippen LogP contribution in [0.4, 0.5) is 0 Å². The lowest BCUT2D eigenvalue weighted by Gasteiger charge is -2.13. The van der Waals surface area contributed by atoms with Gasteiger partial charge in [-0.25, -0.2) is 0 Å². The van der Waals surface area contributed by atoms with Crippen LogP contribution >= 0.6 is 11.8 Å². The quantitative estimate of drug-likeness (QED) is 0.782. The molecule has 1 rings (SSSR count). The Kier molecular flexibility index (Phi) is 5.51. The van der Waals surface area contributed by atoms with Crippen molar-refractivity contribution in [1.82, 2.24) is 5.32 Å². The topological polar surface area (TPSA) is 24.4 Å². The van der Waals surface area contributed by atoms with Gasteiger partial charge in [0.25, 0.3) is 0 Å². The number of nitrogens with one attached hydrogen (secondary N) is 1. The summed E-state index contributed by atoms with van der Waals surface area (Å²) in [6.45, 7) is 10.0. The third-order valence-corrected chi connectivity index (χ3v) is 4.21. The molecule has 1 aliphatic rings. The minimum atomic E-state index is 0.621. The van der Waals surface area contributed by atoms with E-state index < -0.39 is 0 Å². The lowest BCUT2D eigenvalue weighted by atomic mass is 10.0. The van der Waals surface area contributed by atoms with Gasteiger partial charge in [-0.1, -0.05) is 52.3 Å². The van der Waals surface area contributed by atoms with E-state index in [1.54, 1.807) is 0 Å². The molecule has 0 aromatic heterocycles. The monoisotopic (exact) mass is 228 g/mol. The van der Waals surface area contributed by atoms with Crippen molar-refractivity contribution < 1.29 is 0 Å². The minimum absolute atomic E-state index is 0.621. The Bertz CT molecular complexity index is 210. The van der Waals surface area contributed by atoms with Crippen molar-refractivity contribution in [3.05, 3.63) is 0 Å². The van der Waals surface area contributed by atoms with Crippen LogP contribution in [0.25, 0.3) is 0 Å². The van der Waals surface area contributed by atoms with Crippen molar-refractivity contribution in [2.24, 2.45) is 16.8 Å². The molecule has 15 heavy (non-hydrogen) atoms. The molecule has 0 radical (unpaired) electrons. The molecule has 0 bridgehead atoms. The van der Waals surface area contributed by atoms with E-state index in [0.717, 1.165) is 12.5 Å². The van der Waals surface area contributed by atoms with Crippen molar-refractivity contribution in [2.75, 3.05) is 12.3 Å². The van der Waals surface area contributed by atoms with Gasteiger partial charge in [-0.05, 0) is 11.8 Å². The number of nitrogens with zero attached hydrogens (tertiary/aromatic N) is 1. The number of amidine groups is 1. The van der Waals surface area contributed by atoms with Crippen LogP contribution in [0.2, 0.25) is 0 Å². The molecule has 0 aromatic carbocycles. The van der Waals surface area contributed by atoms with Crippen LogP contribution in [-0.2, 0) is 0 Å². The number of rotatable bonds is 5. The summed E-state index contributed by atoms with van der Waals surface area (Å²) in [7, 11) is 0. The van der Waals surface area contributed by atoms with E-state index in [-0.39, 0.29) is 0 Å². The Morgan fingerprint density at radius 2 is 2.07 bits per heavy atom. The van der Waals surface area contributed by atoms with Crippen LogP contribution < -0.4 is 5.32 Å². The van der Waals surface area contributed by atoms with E-state index in [1.807, 2.05) is 11.8 Å². The molecule has 0 amide bonds. The first-order valence-corrected chi connectivity index (χ1v) is 7.09. The van der Waals surface area contributed by atoms with Gasteiger partial charge in [0.05, 0.1) is 0 Å². The van der Waals surface area contributed by atoms with E-state index in [9.17, 15) is 0 Å². The summed E-state index contributed by atoms with van der Waals surface area (Å²) >= 11 is 1.88. The highest BCUT2D eigenvalue weighted by molar-refractivity contribution is 8.14. The first-order chi connectivity index (χ1) is 7.17. The highest BCUT2D eigenvalue weighted by Gasteiger charge is 2.22. The summed E-state index contributed by atoms with van der Waals surface area (Å²) < 4.78 is 0. The maximum atomic E-state index is 4.67. The smallest absolute Gasteiger partial charge is 0.156 e. The van der Waals surface area contributed by atoms with E-state index in [2.05, 4.69) is 38.0 Å². The zero-order chi connectivity index (χ0) is 11.3. The van der Waals surface area contributed by atoms with Crippen LogP contribution in [-0.4, -0.2) is 23.5 Å². The maximum absolute atomic E-state index is 4.67. The Balaban J connectivity index is 2.36. The van der Waals surface area contributed by atoms with E-state index >= 15 is 0 Å². The molecule has 88 valence electrons. The summed E-state index contributed by atoms with van der Waals surface area (Å²) in [5, 5.41) is 4.67. The summed E-state index contributed by atoms with van der Waals surface area (Å²) in [6.07, 6.45) is 2.48. The number of thioether (sulfide) groups is 1. The van der Waals surface area contributed by atoms with E-state index in [1.165, 1.54) is 23.8 Å². The Hall–Kier alpha value is -0.180.